The molecule has 0 amide bonds. The lowest BCUT2D eigenvalue weighted by atomic mass is 10.0. The van der Waals surface area contributed by atoms with Gasteiger partial charge in [0.25, 0.3) is 0 Å². The zero-order valence-electron chi connectivity index (χ0n) is 7.72. The molecule has 0 radical (unpaired) electrons. The van der Waals surface area contributed by atoms with E-state index in [0.29, 0.717) is 0 Å². The molecule has 0 fully saturated rings. The Balaban J connectivity index is 2.73. The maximum Gasteiger partial charge on any atom is -0.0273 e. The van der Waals surface area contributed by atoms with E-state index in [9.17, 15) is 0 Å². The SMILES string of the molecule is C=C/C=C(\C)C1=CC=CCCC1. The molecule has 0 heteroatoms. The summed E-state index contributed by atoms with van der Waals surface area (Å²) in [5, 5.41) is 0. The van der Waals surface area contributed by atoms with Crippen LogP contribution in [0, 0.1) is 0 Å². The van der Waals surface area contributed by atoms with Crippen LogP contribution in [0.2, 0.25) is 0 Å². The van der Waals surface area contributed by atoms with Gasteiger partial charge in [0.15, 0.2) is 0 Å². The van der Waals surface area contributed by atoms with Gasteiger partial charge in [0.2, 0.25) is 0 Å². The normalized spacial score (nSPS) is 18.4. The van der Waals surface area contributed by atoms with Gasteiger partial charge in [0.1, 0.15) is 0 Å². The maximum absolute atomic E-state index is 3.70. The monoisotopic (exact) mass is 160 g/mol. The maximum atomic E-state index is 3.70. The summed E-state index contributed by atoms with van der Waals surface area (Å²) in [6, 6.07) is 0. The van der Waals surface area contributed by atoms with Crippen molar-refractivity contribution in [3.05, 3.63) is 48.1 Å². The van der Waals surface area contributed by atoms with Crippen LogP contribution in [0.25, 0.3) is 0 Å². The van der Waals surface area contributed by atoms with Crippen molar-refractivity contribution < 1.29 is 0 Å². The Hall–Kier alpha value is -1.04. The predicted molar refractivity (Wildman–Crippen MR) is 55.0 cm³/mol. The number of hydrogen-bond donors (Lipinski definition) is 0. The number of hydrogen-bond acceptors (Lipinski definition) is 0. The van der Waals surface area contributed by atoms with Gasteiger partial charge in [0, 0.05) is 0 Å². The molecule has 0 aromatic carbocycles. The highest BCUT2D eigenvalue weighted by Gasteiger charge is 1.99. The van der Waals surface area contributed by atoms with Crippen molar-refractivity contribution in [1.29, 1.82) is 0 Å². The van der Waals surface area contributed by atoms with Gasteiger partial charge in [-0.15, -0.1) is 0 Å². The van der Waals surface area contributed by atoms with Gasteiger partial charge in [-0.25, -0.2) is 0 Å². The van der Waals surface area contributed by atoms with Crippen molar-refractivity contribution in [1.82, 2.24) is 0 Å². The summed E-state index contributed by atoms with van der Waals surface area (Å²) in [6.07, 6.45) is 14.2. The zero-order chi connectivity index (χ0) is 8.81. The summed E-state index contributed by atoms with van der Waals surface area (Å²) < 4.78 is 0. The van der Waals surface area contributed by atoms with Crippen LogP contribution in [0.4, 0.5) is 0 Å². The van der Waals surface area contributed by atoms with Crippen molar-refractivity contribution in [2.45, 2.75) is 26.2 Å². The van der Waals surface area contributed by atoms with E-state index in [-0.39, 0.29) is 0 Å². The average molecular weight is 160 g/mol. The van der Waals surface area contributed by atoms with Crippen LogP contribution >= 0.6 is 0 Å². The average Bonchev–Trinajstić information content (AvgIpc) is 2.32. The molecule has 64 valence electrons. The molecule has 0 saturated heterocycles. The largest absolute Gasteiger partial charge is 0.0991 e. The van der Waals surface area contributed by atoms with Crippen LogP contribution in [0.5, 0.6) is 0 Å². The molecule has 0 saturated carbocycles. The zero-order valence-corrected chi connectivity index (χ0v) is 7.72. The molecule has 1 aliphatic rings. The van der Waals surface area contributed by atoms with E-state index in [2.05, 4.69) is 37.8 Å². The Kier molecular flexibility index (Phi) is 3.59. The van der Waals surface area contributed by atoms with Gasteiger partial charge >= 0.3 is 0 Å². The first-order valence-electron chi connectivity index (χ1n) is 4.50. The van der Waals surface area contributed by atoms with Gasteiger partial charge < -0.3 is 0 Å². The van der Waals surface area contributed by atoms with Crippen molar-refractivity contribution in [3.8, 4) is 0 Å². The van der Waals surface area contributed by atoms with Crippen LogP contribution in [0.1, 0.15) is 26.2 Å². The molecule has 0 spiro atoms. The standard InChI is InChI=1S/C12H16/c1-3-8-11(2)12-9-6-4-5-7-10-12/h3-4,6,8-9H,1,5,7,10H2,2H3/b11-8+. The Morgan fingerprint density at radius 2 is 2.42 bits per heavy atom. The first kappa shape index (κ1) is 9.05. The summed E-state index contributed by atoms with van der Waals surface area (Å²) in [6.45, 7) is 5.84. The van der Waals surface area contributed by atoms with E-state index in [0.717, 1.165) is 0 Å². The summed E-state index contributed by atoms with van der Waals surface area (Å²) in [4.78, 5) is 0. The third-order valence-corrected chi connectivity index (χ3v) is 2.12. The quantitative estimate of drug-likeness (QED) is 0.539. The van der Waals surface area contributed by atoms with E-state index in [1.54, 1.807) is 0 Å². The Labute approximate surface area is 75.0 Å². The Bertz CT molecular complexity index is 239. The minimum Gasteiger partial charge on any atom is -0.0991 e. The van der Waals surface area contributed by atoms with Gasteiger partial charge in [-0.3, -0.25) is 0 Å². The fraction of sp³-hybridized carbons (Fsp3) is 0.333. The van der Waals surface area contributed by atoms with Crippen LogP contribution in [-0.4, -0.2) is 0 Å². The first-order chi connectivity index (χ1) is 5.84. The van der Waals surface area contributed by atoms with E-state index in [1.807, 2.05) is 6.08 Å². The molecule has 0 N–H and O–H groups in total. The molecule has 1 rings (SSSR count). The lowest BCUT2D eigenvalue weighted by Gasteiger charge is -2.03. The third kappa shape index (κ3) is 2.54. The van der Waals surface area contributed by atoms with Crippen molar-refractivity contribution in [3.63, 3.8) is 0 Å². The molecule has 0 bridgehead atoms. The summed E-state index contributed by atoms with van der Waals surface area (Å²) in [5.74, 6) is 0. The third-order valence-electron chi connectivity index (χ3n) is 2.12. The molecule has 0 nitrogen and oxygen atoms in total. The van der Waals surface area contributed by atoms with Gasteiger partial charge in [0.05, 0.1) is 0 Å². The topological polar surface area (TPSA) is 0 Å². The lowest BCUT2D eigenvalue weighted by Crippen LogP contribution is -1.84. The minimum atomic E-state index is 1.20. The van der Waals surface area contributed by atoms with Crippen molar-refractivity contribution >= 4 is 0 Å². The van der Waals surface area contributed by atoms with Gasteiger partial charge in [-0.1, -0.05) is 37.0 Å². The summed E-state index contributed by atoms with van der Waals surface area (Å²) >= 11 is 0. The fourth-order valence-corrected chi connectivity index (χ4v) is 1.39. The van der Waals surface area contributed by atoms with E-state index in [4.69, 9.17) is 0 Å². The minimum absolute atomic E-state index is 1.20. The van der Waals surface area contributed by atoms with Crippen LogP contribution in [-0.2, 0) is 0 Å². The van der Waals surface area contributed by atoms with Crippen LogP contribution in [0.3, 0.4) is 0 Å². The molecule has 1 aliphatic carbocycles. The molecule has 12 heavy (non-hydrogen) atoms. The highest BCUT2D eigenvalue weighted by molar-refractivity contribution is 5.34. The fourth-order valence-electron chi connectivity index (χ4n) is 1.39. The molecule has 0 aromatic rings. The van der Waals surface area contributed by atoms with Gasteiger partial charge in [-0.05, 0) is 37.3 Å². The summed E-state index contributed by atoms with van der Waals surface area (Å²) in [5.41, 5.74) is 2.79. The number of rotatable bonds is 2. The second-order valence-corrected chi connectivity index (χ2v) is 3.10. The van der Waals surface area contributed by atoms with Gasteiger partial charge in [-0.2, -0.15) is 0 Å². The molecular weight excluding hydrogens is 144 g/mol. The smallest absolute Gasteiger partial charge is 0.0273 e. The Morgan fingerprint density at radius 1 is 1.58 bits per heavy atom. The number of allylic oxidation sites excluding steroid dienone is 7. The van der Waals surface area contributed by atoms with E-state index >= 15 is 0 Å². The molecule has 0 heterocycles. The molecule has 0 aromatic heterocycles. The lowest BCUT2D eigenvalue weighted by molar-refractivity contribution is 0.846. The van der Waals surface area contributed by atoms with Crippen molar-refractivity contribution in [2.24, 2.45) is 0 Å². The Morgan fingerprint density at radius 3 is 3.17 bits per heavy atom. The van der Waals surface area contributed by atoms with Crippen LogP contribution < -0.4 is 0 Å². The van der Waals surface area contributed by atoms with Crippen molar-refractivity contribution in [2.75, 3.05) is 0 Å². The molecule has 0 aliphatic heterocycles. The predicted octanol–water partition coefficient (Wildman–Crippen LogP) is 3.79. The highest BCUT2D eigenvalue weighted by atomic mass is 14.1. The van der Waals surface area contributed by atoms with E-state index in [1.165, 1.54) is 30.4 Å². The second kappa shape index (κ2) is 4.76. The van der Waals surface area contributed by atoms with E-state index < -0.39 is 0 Å². The molecular formula is C12H16. The highest BCUT2D eigenvalue weighted by Crippen LogP contribution is 2.19. The summed E-state index contributed by atoms with van der Waals surface area (Å²) in [7, 11) is 0. The second-order valence-electron chi connectivity index (χ2n) is 3.10. The molecule has 0 unspecified atom stereocenters. The van der Waals surface area contributed by atoms with Crippen LogP contribution in [0.15, 0.2) is 48.1 Å². The molecule has 0 atom stereocenters. The first-order valence-corrected chi connectivity index (χ1v) is 4.50.